The molecule has 0 aromatic heterocycles. The fourth-order valence-electron chi connectivity index (χ4n) is 2.94. The second-order valence-corrected chi connectivity index (χ2v) is 5.31. The Kier molecular flexibility index (Phi) is 4.03. The van der Waals surface area contributed by atoms with Crippen LogP contribution in [-0.4, -0.2) is 13.2 Å². The van der Waals surface area contributed by atoms with Gasteiger partial charge in [0.2, 0.25) is 0 Å². The SMILES string of the molecule is CCOc1ccc(CC2CNCc3ccccc32)cc1. The Morgan fingerprint density at radius 2 is 1.90 bits per heavy atom. The highest BCUT2D eigenvalue weighted by Crippen LogP contribution is 2.27. The number of nitrogens with one attached hydrogen (secondary N) is 1. The molecular formula is C18H21NO. The molecule has 20 heavy (non-hydrogen) atoms. The van der Waals surface area contributed by atoms with Crippen molar-refractivity contribution in [3.63, 3.8) is 0 Å². The summed E-state index contributed by atoms with van der Waals surface area (Å²) in [4.78, 5) is 0. The van der Waals surface area contributed by atoms with E-state index in [1.54, 1.807) is 0 Å². The molecule has 1 aliphatic rings. The van der Waals surface area contributed by atoms with Crippen molar-refractivity contribution in [2.75, 3.05) is 13.2 Å². The lowest BCUT2D eigenvalue weighted by molar-refractivity contribution is 0.340. The van der Waals surface area contributed by atoms with Crippen LogP contribution in [0.4, 0.5) is 0 Å². The molecule has 2 nitrogen and oxygen atoms in total. The van der Waals surface area contributed by atoms with Crippen LogP contribution in [0.1, 0.15) is 29.5 Å². The van der Waals surface area contributed by atoms with Crippen molar-refractivity contribution in [2.45, 2.75) is 25.8 Å². The maximum atomic E-state index is 5.49. The summed E-state index contributed by atoms with van der Waals surface area (Å²) in [6.07, 6.45) is 1.08. The van der Waals surface area contributed by atoms with Crippen LogP contribution in [0.25, 0.3) is 0 Å². The Balaban J connectivity index is 1.75. The van der Waals surface area contributed by atoms with Crippen LogP contribution in [0, 0.1) is 0 Å². The van der Waals surface area contributed by atoms with E-state index in [0.29, 0.717) is 5.92 Å². The first-order chi connectivity index (χ1) is 9.86. The molecule has 104 valence electrons. The minimum Gasteiger partial charge on any atom is -0.494 e. The van der Waals surface area contributed by atoms with Crippen LogP contribution in [0.3, 0.4) is 0 Å². The summed E-state index contributed by atoms with van der Waals surface area (Å²) in [6.45, 7) is 4.79. The van der Waals surface area contributed by atoms with Gasteiger partial charge in [-0.05, 0) is 42.2 Å². The van der Waals surface area contributed by atoms with Crippen LogP contribution >= 0.6 is 0 Å². The van der Waals surface area contributed by atoms with Gasteiger partial charge in [0, 0.05) is 19.0 Å². The zero-order chi connectivity index (χ0) is 13.8. The molecule has 1 atom stereocenters. The van der Waals surface area contributed by atoms with Gasteiger partial charge < -0.3 is 10.1 Å². The van der Waals surface area contributed by atoms with E-state index in [4.69, 9.17) is 4.74 Å². The first-order valence-electron chi connectivity index (χ1n) is 7.37. The summed E-state index contributed by atoms with van der Waals surface area (Å²) >= 11 is 0. The monoisotopic (exact) mass is 267 g/mol. The molecule has 0 saturated carbocycles. The molecule has 2 heteroatoms. The standard InChI is InChI=1S/C18H21NO/c1-2-20-17-9-7-14(8-10-17)11-16-13-19-12-15-5-3-4-6-18(15)16/h3-10,16,19H,2,11-13H2,1H3. The molecule has 1 aliphatic heterocycles. The van der Waals surface area contributed by atoms with E-state index < -0.39 is 0 Å². The van der Waals surface area contributed by atoms with Gasteiger partial charge in [-0.25, -0.2) is 0 Å². The molecule has 1 N–H and O–H groups in total. The van der Waals surface area contributed by atoms with E-state index >= 15 is 0 Å². The average Bonchev–Trinajstić information content (AvgIpc) is 2.50. The van der Waals surface area contributed by atoms with Gasteiger partial charge in [0.05, 0.1) is 6.61 Å². The van der Waals surface area contributed by atoms with E-state index in [-0.39, 0.29) is 0 Å². The summed E-state index contributed by atoms with van der Waals surface area (Å²) in [7, 11) is 0. The van der Waals surface area contributed by atoms with Crippen molar-refractivity contribution in [1.29, 1.82) is 0 Å². The first-order valence-corrected chi connectivity index (χ1v) is 7.37. The third kappa shape index (κ3) is 2.86. The molecule has 1 heterocycles. The lowest BCUT2D eigenvalue weighted by Gasteiger charge is -2.26. The van der Waals surface area contributed by atoms with Crippen molar-refractivity contribution in [3.8, 4) is 5.75 Å². The molecule has 3 rings (SSSR count). The van der Waals surface area contributed by atoms with Gasteiger partial charge in [-0.3, -0.25) is 0 Å². The first kappa shape index (κ1) is 13.2. The van der Waals surface area contributed by atoms with E-state index in [1.807, 2.05) is 6.92 Å². The lowest BCUT2D eigenvalue weighted by atomic mass is 9.86. The molecule has 2 aromatic carbocycles. The van der Waals surface area contributed by atoms with E-state index in [9.17, 15) is 0 Å². The predicted octanol–water partition coefficient (Wildman–Crippen LogP) is 3.51. The Bertz CT molecular complexity index is 562. The highest BCUT2D eigenvalue weighted by molar-refractivity contribution is 5.35. The molecule has 0 aliphatic carbocycles. The summed E-state index contributed by atoms with van der Waals surface area (Å²) in [5.74, 6) is 1.52. The van der Waals surface area contributed by atoms with E-state index in [2.05, 4.69) is 53.8 Å². The molecule has 0 radical (unpaired) electrons. The van der Waals surface area contributed by atoms with Crippen LogP contribution < -0.4 is 10.1 Å². The van der Waals surface area contributed by atoms with Crippen LogP contribution in [0.2, 0.25) is 0 Å². The zero-order valence-corrected chi connectivity index (χ0v) is 11.9. The number of hydrogen-bond donors (Lipinski definition) is 1. The largest absolute Gasteiger partial charge is 0.494 e. The number of ether oxygens (including phenoxy) is 1. The Hall–Kier alpha value is -1.80. The summed E-state index contributed by atoms with van der Waals surface area (Å²) in [6, 6.07) is 17.3. The molecule has 0 saturated heterocycles. The van der Waals surface area contributed by atoms with Gasteiger partial charge in [0.25, 0.3) is 0 Å². The molecule has 0 bridgehead atoms. The fourth-order valence-corrected chi connectivity index (χ4v) is 2.94. The number of hydrogen-bond acceptors (Lipinski definition) is 2. The topological polar surface area (TPSA) is 21.3 Å². The molecule has 2 aromatic rings. The van der Waals surface area contributed by atoms with E-state index in [1.165, 1.54) is 16.7 Å². The van der Waals surface area contributed by atoms with E-state index in [0.717, 1.165) is 31.9 Å². The molecule has 0 spiro atoms. The molecule has 1 unspecified atom stereocenters. The van der Waals surface area contributed by atoms with Gasteiger partial charge >= 0.3 is 0 Å². The second kappa shape index (κ2) is 6.10. The smallest absolute Gasteiger partial charge is 0.119 e. The molecule has 0 amide bonds. The van der Waals surface area contributed by atoms with Gasteiger partial charge in [-0.2, -0.15) is 0 Å². The van der Waals surface area contributed by atoms with Crippen LogP contribution in [0.15, 0.2) is 48.5 Å². The normalized spacial score (nSPS) is 17.6. The predicted molar refractivity (Wildman–Crippen MR) is 82.2 cm³/mol. The Morgan fingerprint density at radius 3 is 2.70 bits per heavy atom. The van der Waals surface area contributed by atoms with Crippen LogP contribution in [-0.2, 0) is 13.0 Å². The van der Waals surface area contributed by atoms with Gasteiger partial charge in [-0.15, -0.1) is 0 Å². The average molecular weight is 267 g/mol. The van der Waals surface area contributed by atoms with Crippen molar-refractivity contribution in [2.24, 2.45) is 0 Å². The number of fused-ring (bicyclic) bond motifs is 1. The third-order valence-electron chi connectivity index (χ3n) is 3.92. The maximum absolute atomic E-state index is 5.49. The molecule has 0 fully saturated rings. The number of rotatable bonds is 4. The quantitative estimate of drug-likeness (QED) is 0.915. The van der Waals surface area contributed by atoms with Crippen LogP contribution in [0.5, 0.6) is 5.75 Å². The van der Waals surface area contributed by atoms with Gasteiger partial charge in [-0.1, -0.05) is 36.4 Å². The summed E-state index contributed by atoms with van der Waals surface area (Å²) in [5, 5.41) is 3.52. The third-order valence-corrected chi connectivity index (χ3v) is 3.92. The second-order valence-electron chi connectivity index (χ2n) is 5.31. The minimum atomic E-state index is 0.567. The van der Waals surface area contributed by atoms with Crippen molar-refractivity contribution in [3.05, 3.63) is 65.2 Å². The van der Waals surface area contributed by atoms with Gasteiger partial charge in [0.1, 0.15) is 5.75 Å². The highest BCUT2D eigenvalue weighted by Gasteiger charge is 2.19. The van der Waals surface area contributed by atoms with Crippen molar-refractivity contribution in [1.82, 2.24) is 5.32 Å². The highest BCUT2D eigenvalue weighted by atomic mass is 16.5. The minimum absolute atomic E-state index is 0.567. The fraction of sp³-hybridized carbons (Fsp3) is 0.333. The zero-order valence-electron chi connectivity index (χ0n) is 11.9. The molecular weight excluding hydrogens is 246 g/mol. The number of benzene rings is 2. The maximum Gasteiger partial charge on any atom is 0.119 e. The summed E-state index contributed by atoms with van der Waals surface area (Å²) < 4.78 is 5.49. The lowest BCUT2D eigenvalue weighted by Crippen LogP contribution is -2.29. The van der Waals surface area contributed by atoms with Crippen molar-refractivity contribution >= 4 is 0 Å². The Morgan fingerprint density at radius 1 is 1.10 bits per heavy atom. The summed E-state index contributed by atoms with van der Waals surface area (Å²) in [5.41, 5.74) is 4.31. The van der Waals surface area contributed by atoms with Crippen molar-refractivity contribution < 1.29 is 4.74 Å². The Labute approximate surface area is 120 Å². The van der Waals surface area contributed by atoms with Gasteiger partial charge in [0.15, 0.2) is 0 Å².